The van der Waals surface area contributed by atoms with Crippen molar-refractivity contribution in [3.8, 4) is 0 Å². The lowest BCUT2D eigenvalue weighted by Gasteiger charge is -2.19. The van der Waals surface area contributed by atoms with E-state index in [4.69, 9.17) is 9.72 Å². The third-order valence-corrected chi connectivity index (χ3v) is 5.86. The smallest absolute Gasteiger partial charge is 0.341 e. The van der Waals surface area contributed by atoms with Crippen LogP contribution in [0.15, 0.2) is 48.9 Å². The molecule has 7 heteroatoms. The minimum absolute atomic E-state index is 0.339. The van der Waals surface area contributed by atoms with Crippen LogP contribution >= 0.6 is 0 Å². The highest BCUT2D eigenvalue weighted by atomic mass is 16.5. The van der Waals surface area contributed by atoms with Crippen LogP contribution in [0.25, 0.3) is 12.2 Å². The Morgan fingerprint density at radius 1 is 1.16 bits per heavy atom. The maximum absolute atomic E-state index is 11.9. The molecule has 158 valence electrons. The topological polar surface area (TPSA) is 73.1 Å². The summed E-state index contributed by atoms with van der Waals surface area (Å²) in [7, 11) is 0. The van der Waals surface area contributed by atoms with Gasteiger partial charge in [0, 0.05) is 31.0 Å². The number of hydrogen-bond donors (Lipinski definition) is 0. The fourth-order valence-electron chi connectivity index (χ4n) is 4.07. The molecule has 2 unspecified atom stereocenters. The second-order valence-corrected chi connectivity index (χ2v) is 8.13. The number of carbonyl (C=O) groups excluding carboxylic acids is 1. The molecule has 0 radical (unpaired) electrons. The molecule has 1 aliphatic heterocycles. The number of ether oxygens (including phenoxy) is 1. The molecule has 1 saturated heterocycles. The first kappa shape index (κ1) is 19.5. The second kappa shape index (κ2) is 8.34. The van der Waals surface area contributed by atoms with Crippen molar-refractivity contribution in [2.75, 3.05) is 24.6 Å². The van der Waals surface area contributed by atoms with Crippen molar-refractivity contribution in [3.63, 3.8) is 0 Å². The molecule has 1 aliphatic carbocycles. The van der Waals surface area contributed by atoms with Crippen LogP contribution in [0, 0.1) is 11.8 Å². The number of benzene rings is 1. The Morgan fingerprint density at radius 3 is 2.74 bits per heavy atom. The Morgan fingerprint density at radius 2 is 1.97 bits per heavy atom. The van der Waals surface area contributed by atoms with E-state index in [1.807, 2.05) is 30.5 Å². The fourth-order valence-corrected chi connectivity index (χ4v) is 4.07. The summed E-state index contributed by atoms with van der Waals surface area (Å²) in [6.45, 7) is 4.70. The van der Waals surface area contributed by atoms with Crippen molar-refractivity contribution >= 4 is 24.1 Å². The predicted molar refractivity (Wildman–Crippen MR) is 118 cm³/mol. The van der Waals surface area contributed by atoms with Crippen LogP contribution in [0.5, 0.6) is 0 Å². The number of nitrogens with zero attached hydrogens (tertiary/aromatic N) is 5. The van der Waals surface area contributed by atoms with Crippen molar-refractivity contribution in [2.24, 2.45) is 11.8 Å². The summed E-state index contributed by atoms with van der Waals surface area (Å²) in [6.07, 6.45) is 10.5. The number of fused-ring (bicyclic) bond motifs is 1. The number of carbonyl (C=O) groups is 1. The lowest BCUT2D eigenvalue weighted by Crippen LogP contribution is -2.24. The van der Waals surface area contributed by atoms with Gasteiger partial charge in [-0.3, -0.25) is 4.68 Å². The van der Waals surface area contributed by atoms with Gasteiger partial charge in [-0.2, -0.15) is 5.10 Å². The standard InChI is InChI=1S/C24H25N5O2/c1-2-31-23(30)21-12-26-29(16-21)15-20-11-25-24(28-13-18-10-19(18)14-28)27-22(20)9-8-17-6-4-3-5-7-17/h3-9,11-12,16,18-19H,2,10,13-15H2,1H3/b9-8+. The van der Waals surface area contributed by atoms with E-state index in [0.717, 1.165) is 47.7 Å². The molecule has 2 aromatic heterocycles. The molecule has 0 spiro atoms. The van der Waals surface area contributed by atoms with Crippen molar-refractivity contribution in [3.05, 3.63) is 71.3 Å². The minimum Gasteiger partial charge on any atom is -0.462 e. The van der Waals surface area contributed by atoms with Crippen molar-refractivity contribution < 1.29 is 9.53 Å². The molecule has 2 fully saturated rings. The van der Waals surface area contributed by atoms with Gasteiger partial charge < -0.3 is 9.64 Å². The summed E-state index contributed by atoms with van der Waals surface area (Å²) in [5.74, 6) is 2.06. The molecule has 2 atom stereocenters. The van der Waals surface area contributed by atoms with Crippen molar-refractivity contribution in [1.82, 2.24) is 19.7 Å². The molecule has 7 nitrogen and oxygen atoms in total. The zero-order valence-electron chi connectivity index (χ0n) is 17.5. The molecule has 1 saturated carbocycles. The van der Waals surface area contributed by atoms with Crippen LogP contribution in [0.4, 0.5) is 5.95 Å². The average molecular weight is 415 g/mol. The van der Waals surface area contributed by atoms with Gasteiger partial charge in [0.25, 0.3) is 0 Å². The van der Waals surface area contributed by atoms with Gasteiger partial charge in [-0.1, -0.05) is 36.4 Å². The lowest BCUT2D eigenvalue weighted by molar-refractivity contribution is 0.0526. The van der Waals surface area contributed by atoms with Crippen LogP contribution in [0.3, 0.4) is 0 Å². The monoisotopic (exact) mass is 415 g/mol. The van der Waals surface area contributed by atoms with Crippen molar-refractivity contribution in [1.29, 1.82) is 0 Å². The molecule has 1 aromatic carbocycles. The maximum Gasteiger partial charge on any atom is 0.341 e. The van der Waals surface area contributed by atoms with Crippen LogP contribution in [-0.2, 0) is 11.3 Å². The van der Waals surface area contributed by atoms with Gasteiger partial charge in [0.1, 0.15) is 0 Å². The van der Waals surface area contributed by atoms with E-state index in [1.54, 1.807) is 17.8 Å². The molecule has 0 bridgehead atoms. The first-order valence-corrected chi connectivity index (χ1v) is 10.7. The molecule has 0 N–H and O–H groups in total. The Bertz CT molecular complexity index is 1100. The molecule has 3 heterocycles. The quantitative estimate of drug-likeness (QED) is 0.550. The summed E-state index contributed by atoms with van der Waals surface area (Å²) in [4.78, 5) is 23.8. The second-order valence-electron chi connectivity index (χ2n) is 8.13. The van der Waals surface area contributed by atoms with E-state index in [-0.39, 0.29) is 5.97 Å². The van der Waals surface area contributed by atoms with E-state index in [2.05, 4.69) is 33.2 Å². The zero-order valence-corrected chi connectivity index (χ0v) is 17.5. The van der Waals surface area contributed by atoms with Gasteiger partial charge in [0.05, 0.1) is 30.6 Å². The van der Waals surface area contributed by atoms with E-state index < -0.39 is 0 Å². The zero-order chi connectivity index (χ0) is 21.2. The Labute approximate surface area is 181 Å². The third kappa shape index (κ3) is 4.35. The Hall–Kier alpha value is -3.48. The summed E-state index contributed by atoms with van der Waals surface area (Å²) in [6, 6.07) is 10.2. The first-order chi connectivity index (χ1) is 15.2. The summed E-state index contributed by atoms with van der Waals surface area (Å²) < 4.78 is 6.77. The number of anilines is 1. The molecular formula is C24H25N5O2. The first-order valence-electron chi connectivity index (χ1n) is 10.7. The van der Waals surface area contributed by atoms with Gasteiger partial charge in [0.2, 0.25) is 5.95 Å². The molecule has 31 heavy (non-hydrogen) atoms. The average Bonchev–Trinajstić information content (AvgIpc) is 3.17. The van der Waals surface area contributed by atoms with Crippen molar-refractivity contribution in [2.45, 2.75) is 19.9 Å². The molecule has 2 aliphatic rings. The van der Waals surface area contributed by atoms with E-state index in [1.165, 1.54) is 12.6 Å². The van der Waals surface area contributed by atoms with Gasteiger partial charge in [0.15, 0.2) is 0 Å². The molecule has 0 amide bonds. The largest absolute Gasteiger partial charge is 0.462 e. The molecular weight excluding hydrogens is 390 g/mol. The van der Waals surface area contributed by atoms with E-state index in [0.29, 0.717) is 18.7 Å². The van der Waals surface area contributed by atoms with Crippen LogP contribution < -0.4 is 4.90 Å². The van der Waals surface area contributed by atoms with Gasteiger partial charge in [-0.15, -0.1) is 0 Å². The maximum atomic E-state index is 11.9. The number of esters is 1. The molecule has 3 aromatic rings. The normalized spacial score (nSPS) is 19.6. The van der Waals surface area contributed by atoms with Crippen LogP contribution in [0.2, 0.25) is 0 Å². The van der Waals surface area contributed by atoms with Gasteiger partial charge in [-0.25, -0.2) is 14.8 Å². The Kier molecular flexibility index (Phi) is 5.24. The summed E-state index contributed by atoms with van der Waals surface area (Å²) in [5, 5.41) is 4.32. The highest BCUT2D eigenvalue weighted by Gasteiger charge is 2.45. The fraction of sp³-hybridized carbons (Fsp3) is 0.333. The SMILES string of the molecule is CCOC(=O)c1cnn(Cc2cnc(N3CC4CC4C3)nc2/C=C/c2ccccc2)c1. The number of aromatic nitrogens is 4. The lowest BCUT2D eigenvalue weighted by atomic mass is 10.1. The number of piperidine rings is 1. The van der Waals surface area contributed by atoms with Crippen LogP contribution in [-0.4, -0.2) is 45.4 Å². The highest BCUT2D eigenvalue weighted by molar-refractivity contribution is 5.88. The van der Waals surface area contributed by atoms with Gasteiger partial charge in [-0.05, 0) is 36.8 Å². The minimum atomic E-state index is -0.364. The van der Waals surface area contributed by atoms with E-state index >= 15 is 0 Å². The van der Waals surface area contributed by atoms with Crippen LogP contribution in [0.1, 0.15) is 40.5 Å². The summed E-state index contributed by atoms with van der Waals surface area (Å²) in [5.41, 5.74) is 3.36. The third-order valence-electron chi connectivity index (χ3n) is 5.86. The summed E-state index contributed by atoms with van der Waals surface area (Å²) >= 11 is 0. The number of hydrogen-bond acceptors (Lipinski definition) is 6. The highest BCUT2D eigenvalue weighted by Crippen LogP contribution is 2.45. The van der Waals surface area contributed by atoms with Gasteiger partial charge >= 0.3 is 5.97 Å². The predicted octanol–water partition coefficient (Wildman–Crippen LogP) is 3.52. The molecule has 5 rings (SSSR count). The Balaban J connectivity index is 1.41. The van der Waals surface area contributed by atoms with E-state index in [9.17, 15) is 4.79 Å². The number of rotatable bonds is 7.